The Bertz CT molecular complexity index is 1810. The topological polar surface area (TPSA) is 118 Å². The first-order chi connectivity index (χ1) is 24.9. The summed E-state index contributed by atoms with van der Waals surface area (Å²) in [6.45, 7) is 6.05. The van der Waals surface area contributed by atoms with Gasteiger partial charge >= 0.3 is 0 Å². The molecule has 6 rings (SSSR count). The molecule has 4 heterocycles. The van der Waals surface area contributed by atoms with Crippen molar-refractivity contribution in [1.29, 1.82) is 0 Å². The predicted molar refractivity (Wildman–Crippen MR) is 198 cm³/mol. The molecule has 1 spiro atoms. The molecule has 4 atom stereocenters. The van der Waals surface area contributed by atoms with Gasteiger partial charge in [0.2, 0.25) is 15.9 Å². The summed E-state index contributed by atoms with van der Waals surface area (Å²) < 4.78 is 63.7. The van der Waals surface area contributed by atoms with E-state index in [2.05, 4.69) is 9.62 Å². The number of fused-ring (bicyclic) bond motifs is 1. The van der Waals surface area contributed by atoms with E-state index in [4.69, 9.17) is 25.8 Å². The number of nitrogens with one attached hydrogen (secondary N) is 1. The Labute approximate surface area is 311 Å². The lowest BCUT2D eigenvalue weighted by Crippen LogP contribution is -2.58. The van der Waals surface area contributed by atoms with E-state index in [1.165, 1.54) is 17.9 Å². The maximum atomic E-state index is 17.2. The zero-order valence-corrected chi connectivity index (χ0v) is 32.0. The van der Waals surface area contributed by atoms with Crippen molar-refractivity contribution in [3.63, 3.8) is 0 Å². The Hall–Kier alpha value is -3.23. The van der Waals surface area contributed by atoms with E-state index in [0.717, 1.165) is 36.0 Å². The van der Waals surface area contributed by atoms with E-state index in [1.807, 2.05) is 17.0 Å². The Kier molecular flexibility index (Phi) is 11.9. The number of rotatable bonds is 7. The van der Waals surface area contributed by atoms with Crippen molar-refractivity contribution in [3.05, 3.63) is 69.5 Å². The molecular formula is C38H50ClFN4O7S. The molecular weight excluding hydrogens is 711 g/mol. The van der Waals surface area contributed by atoms with Crippen LogP contribution in [0.1, 0.15) is 73.0 Å². The van der Waals surface area contributed by atoms with Crippen LogP contribution in [0.4, 0.5) is 10.1 Å². The summed E-state index contributed by atoms with van der Waals surface area (Å²) in [7, 11) is -0.907. The minimum Gasteiger partial charge on any atom is -0.487 e. The maximum Gasteiger partial charge on any atom is 0.264 e. The summed E-state index contributed by atoms with van der Waals surface area (Å²) >= 11 is 6.90. The number of carbonyl (C=O) groups is 2. The second-order valence-electron chi connectivity index (χ2n) is 14.5. The molecule has 0 aliphatic carbocycles. The highest BCUT2D eigenvalue weighted by Gasteiger charge is 2.52. The number of hydrogen-bond donors (Lipinski definition) is 1. The van der Waals surface area contributed by atoms with Crippen molar-refractivity contribution in [2.75, 3.05) is 65.1 Å². The van der Waals surface area contributed by atoms with Crippen molar-refractivity contribution in [1.82, 2.24) is 14.5 Å². The molecule has 0 aromatic heterocycles. The van der Waals surface area contributed by atoms with E-state index in [0.29, 0.717) is 62.1 Å². The zero-order valence-electron chi connectivity index (χ0n) is 30.5. The van der Waals surface area contributed by atoms with Crippen molar-refractivity contribution < 1.29 is 36.6 Å². The van der Waals surface area contributed by atoms with Gasteiger partial charge in [-0.15, -0.1) is 0 Å². The average Bonchev–Trinajstić information content (AvgIpc) is 3.53. The molecule has 11 nitrogen and oxygen atoms in total. The van der Waals surface area contributed by atoms with Crippen molar-refractivity contribution >= 4 is 39.1 Å². The van der Waals surface area contributed by atoms with Crippen LogP contribution < -0.4 is 14.4 Å². The lowest BCUT2D eigenvalue weighted by atomic mass is 9.79. The normalized spacial score (nSPS) is 27.2. The van der Waals surface area contributed by atoms with E-state index in [-0.39, 0.29) is 31.7 Å². The number of halogens is 2. The second kappa shape index (κ2) is 16.0. The van der Waals surface area contributed by atoms with Gasteiger partial charge in [-0.05, 0) is 98.4 Å². The van der Waals surface area contributed by atoms with Gasteiger partial charge in [-0.1, -0.05) is 24.6 Å². The fourth-order valence-corrected chi connectivity index (χ4v) is 9.60. The lowest BCUT2D eigenvalue weighted by Gasteiger charge is -2.47. The fraction of sp³-hybridized carbons (Fsp3) is 0.579. The van der Waals surface area contributed by atoms with Crippen LogP contribution >= 0.6 is 11.6 Å². The van der Waals surface area contributed by atoms with Crippen molar-refractivity contribution in [2.45, 2.75) is 75.8 Å². The summed E-state index contributed by atoms with van der Waals surface area (Å²) in [5.41, 5.74) is 2.88. The highest BCUT2D eigenvalue weighted by molar-refractivity contribution is 7.90. The largest absolute Gasteiger partial charge is 0.487 e. The standard InChI is InChI=1S/C38H50ClFN4O7S/c1-25-9-11-32(40)35(37(46)42(3)16-17-50-19-18-49-4)44-15-7-13-38(44)24-43-14-6-5-8-27-20-29(39)22-31(38)30(27)23-51-34-12-10-28(21-33(34)43)36(45)41-52(47,48)26(25)2/h10-12,20-22,25-26,35H,5-9,13-19,23-24H2,1-4H3,(H,41,45)/b32-11-/t25-,26+,35+,38-/m0/s1. The summed E-state index contributed by atoms with van der Waals surface area (Å²) in [6, 6.07) is 7.64. The lowest BCUT2D eigenvalue weighted by molar-refractivity contribution is -0.137. The number of hydrogen-bond acceptors (Lipinski definition) is 9. The van der Waals surface area contributed by atoms with Crippen molar-refractivity contribution in [3.8, 4) is 5.75 Å². The molecule has 284 valence electrons. The molecule has 0 saturated carbocycles. The van der Waals surface area contributed by atoms with E-state index in [1.54, 1.807) is 39.3 Å². The number of anilines is 1. The Morgan fingerprint density at radius 3 is 2.73 bits per heavy atom. The quantitative estimate of drug-likeness (QED) is 0.381. The van der Waals surface area contributed by atoms with Crippen LogP contribution in [0, 0.1) is 5.92 Å². The first-order valence-electron chi connectivity index (χ1n) is 18.2. The average molecular weight is 761 g/mol. The van der Waals surface area contributed by atoms with Gasteiger partial charge in [0.05, 0.1) is 36.3 Å². The molecule has 2 aromatic carbocycles. The number of aryl methyl sites for hydroxylation is 1. The fourth-order valence-electron chi connectivity index (χ4n) is 8.07. The summed E-state index contributed by atoms with van der Waals surface area (Å²) in [5.74, 6) is -1.85. The third-order valence-corrected chi connectivity index (χ3v) is 13.4. The maximum absolute atomic E-state index is 17.2. The molecule has 14 heteroatoms. The summed E-state index contributed by atoms with van der Waals surface area (Å²) in [6.07, 6.45) is 5.14. The number of ether oxygens (including phenoxy) is 3. The third kappa shape index (κ3) is 7.70. The van der Waals surface area contributed by atoms with Gasteiger partial charge < -0.3 is 24.0 Å². The first-order valence-corrected chi connectivity index (χ1v) is 20.1. The number of nitrogens with zero attached hydrogens (tertiary/aromatic N) is 3. The zero-order chi connectivity index (χ0) is 37.2. The van der Waals surface area contributed by atoms with Crippen LogP contribution in [0.5, 0.6) is 5.75 Å². The molecule has 52 heavy (non-hydrogen) atoms. The van der Waals surface area contributed by atoms with Gasteiger partial charge in [0, 0.05) is 50.9 Å². The molecule has 7 bridgehead atoms. The van der Waals surface area contributed by atoms with Crippen LogP contribution in [0.15, 0.2) is 42.2 Å². The van der Waals surface area contributed by atoms with Gasteiger partial charge in [-0.25, -0.2) is 17.5 Å². The molecule has 1 fully saturated rings. The second-order valence-corrected chi connectivity index (χ2v) is 17.0. The van der Waals surface area contributed by atoms with Gasteiger partial charge in [-0.2, -0.15) is 0 Å². The molecule has 0 unspecified atom stereocenters. The summed E-state index contributed by atoms with van der Waals surface area (Å²) in [5, 5.41) is -0.468. The van der Waals surface area contributed by atoms with Gasteiger partial charge in [0.15, 0.2) is 0 Å². The van der Waals surface area contributed by atoms with E-state index in [9.17, 15) is 18.0 Å². The monoisotopic (exact) mass is 760 g/mol. The Morgan fingerprint density at radius 1 is 1.13 bits per heavy atom. The molecule has 1 N–H and O–H groups in total. The smallest absolute Gasteiger partial charge is 0.264 e. The number of allylic oxidation sites excluding steroid dienone is 1. The summed E-state index contributed by atoms with van der Waals surface area (Å²) in [4.78, 5) is 33.9. The van der Waals surface area contributed by atoms with Crippen LogP contribution in [0.3, 0.4) is 0 Å². The van der Waals surface area contributed by atoms with Crippen LogP contribution in [0.25, 0.3) is 0 Å². The van der Waals surface area contributed by atoms with Gasteiger partial charge in [-0.3, -0.25) is 14.5 Å². The minimum absolute atomic E-state index is 0.0297. The Morgan fingerprint density at radius 2 is 1.94 bits per heavy atom. The molecule has 0 radical (unpaired) electrons. The number of amides is 2. The van der Waals surface area contributed by atoms with Crippen LogP contribution in [-0.4, -0.2) is 101 Å². The van der Waals surface area contributed by atoms with Crippen LogP contribution in [-0.2, 0) is 42.9 Å². The molecule has 1 saturated heterocycles. The van der Waals surface area contributed by atoms with E-state index < -0.39 is 50.4 Å². The minimum atomic E-state index is -4.15. The van der Waals surface area contributed by atoms with Crippen molar-refractivity contribution in [2.24, 2.45) is 5.92 Å². The van der Waals surface area contributed by atoms with E-state index >= 15 is 4.39 Å². The molecule has 2 amide bonds. The SMILES string of the molecule is COCCOCCN(C)C(=O)[C@H]1/C(F)=C/C[C@H](C)[C@@H](C)S(=O)(=O)NC(=O)c2ccc3c(c2)N2CCCCc4cc(Cl)cc(c4CO3)[C@]3(CCCN13)C2. The number of benzene rings is 2. The highest BCUT2D eigenvalue weighted by Crippen LogP contribution is 2.49. The number of carbonyl (C=O) groups excluding carboxylic acids is 2. The first kappa shape index (κ1) is 38.5. The molecule has 4 aliphatic heterocycles. The number of likely N-dealkylation sites (N-methyl/N-ethyl adjacent to an activating group) is 1. The van der Waals surface area contributed by atoms with Crippen LogP contribution in [0.2, 0.25) is 5.02 Å². The Balaban J connectivity index is 1.56. The van der Waals surface area contributed by atoms with Gasteiger partial charge in [0.25, 0.3) is 5.91 Å². The molecule has 4 aliphatic rings. The number of sulfonamides is 1. The number of methoxy groups -OCH3 is 1. The van der Waals surface area contributed by atoms with Gasteiger partial charge in [0.1, 0.15) is 24.2 Å². The highest BCUT2D eigenvalue weighted by atomic mass is 35.5. The predicted octanol–water partition coefficient (Wildman–Crippen LogP) is 5.20. The third-order valence-electron chi connectivity index (χ3n) is 11.3. The molecule has 2 aromatic rings.